The first-order valence-corrected chi connectivity index (χ1v) is 11.6. The summed E-state index contributed by atoms with van der Waals surface area (Å²) in [5.74, 6) is 1.28. The second-order valence-corrected chi connectivity index (χ2v) is 8.64. The lowest BCUT2D eigenvalue weighted by Gasteiger charge is -2.24. The smallest absolute Gasteiger partial charge is 0.274 e. The van der Waals surface area contributed by atoms with E-state index in [1.165, 1.54) is 5.56 Å². The van der Waals surface area contributed by atoms with Gasteiger partial charge in [0.1, 0.15) is 11.5 Å². The number of hydrogen-bond acceptors (Lipinski definition) is 5. The Balaban J connectivity index is 1.41. The van der Waals surface area contributed by atoms with Gasteiger partial charge in [-0.05, 0) is 44.7 Å². The summed E-state index contributed by atoms with van der Waals surface area (Å²) in [7, 11) is 0. The summed E-state index contributed by atoms with van der Waals surface area (Å²) >= 11 is 0. The highest BCUT2D eigenvalue weighted by atomic mass is 16.2. The minimum absolute atomic E-state index is 0.0555. The Kier molecular flexibility index (Phi) is 5.66. The van der Waals surface area contributed by atoms with Crippen LogP contribution in [0.5, 0.6) is 0 Å². The molecule has 5 rings (SSSR count). The third-order valence-electron chi connectivity index (χ3n) is 6.56. The molecule has 1 fully saturated rings. The molecule has 33 heavy (non-hydrogen) atoms. The Morgan fingerprint density at radius 1 is 1.15 bits per heavy atom. The van der Waals surface area contributed by atoms with E-state index in [1.54, 1.807) is 15.6 Å². The zero-order valence-corrected chi connectivity index (χ0v) is 19.1. The largest absolute Gasteiger partial charge is 0.327 e. The van der Waals surface area contributed by atoms with E-state index < -0.39 is 0 Å². The fourth-order valence-corrected chi connectivity index (χ4v) is 4.74. The van der Waals surface area contributed by atoms with E-state index in [9.17, 15) is 9.59 Å². The third-order valence-corrected chi connectivity index (χ3v) is 6.56. The van der Waals surface area contributed by atoms with Gasteiger partial charge in [-0.2, -0.15) is 5.10 Å². The van der Waals surface area contributed by atoms with E-state index in [0.717, 1.165) is 37.1 Å². The second kappa shape index (κ2) is 8.77. The molecule has 1 unspecified atom stereocenters. The summed E-state index contributed by atoms with van der Waals surface area (Å²) < 4.78 is 1.75. The zero-order chi connectivity index (χ0) is 22.9. The van der Waals surface area contributed by atoms with Gasteiger partial charge in [0.15, 0.2) is 5.82 Å². The minimum atomic E-state index is -0.208. The second-order valence-electron chi connectivity index (χ2n) is 8.64. The lowest BCUT2D eigenvalue weighted by atomic mass is 10.1. The standard InChI is InChI=1S/C25H28N6O2/c1-3-29-14-12-20(28-29)25(33)30-13-7-10-21(30)23-26-17(2)19-16-22(32)31(24(19)27-23)15-11-18-8-5-4-6-9-18/h4-6,8-9,12,14,21H,3,7,10-11,13,15-16H2,1-2H3. The van der Waals surface area contributed by atoms with Crippen molar-refractivity contribution in [3.05, 3.63) is 70.9 Å². The molecule has 0 spiro atoms. The highest BCUT2D eigenvalue weighted by Crippen LogP contribution is 2.35. The van der Waals surface area contributed by atoms with Gasteiger partial charge in [-0.3, -0.25) is 19.2 Å². The number of nitrogens with zero attached hydrogens (tertiary/aromatic N) is 6. The average molecular weight is 445 g/mol. The number of fused-ring (bicyclic) bond motifs is 1. The summed E-state index contributed by atoms with van der Waals surface area (Å²) in [6, 6.07) is 11.7. The monoisotopic (exact) mass is 444 g/mol. The van der Waals surface area contributed by atoms with Crippen LogP contribution in [0.3, 0.4) is 0 Å². The maximum Gasteiger partial charge on any atom is 0.274 e. The van der Waals surface area contributed by atoms with E-state index in [-0.39, 0.29) is 17.9 Å². The molecule has 1 aromatic carbocycles. The number of carbonyl (C=O) groups is 2. The molecule has 170 valence electrons. The van der Waals surface area contributed by atoms with Gasteiger partial charge in [-0.1, -0.05) is 30.3 Å². The summed E-state index contributed by atoms with van der Waals surface area (Å²) in [6.45, 7) is 5.87. The van der Waals surface area contributed by atoms with Crippen molar-refractivity contribution >= 4 is 17.6 Å². The summed E-state index contributed by atoms with van der Waals surface area (Å²) in [5, 5.41) is 4.38. The van der Waals surface area contributed by atoms with Crippen LogP contribution in [0, 0.1) is 6.92 Å². The first kappa shape index (κ1) is 21.3. The van der Waals surface area contributed by atoms with E-state index in [2.05, 4.69) is 17.2 Å². The predicted molar refractivity (Wildman–Crippen MR) is 124 cm³/mol. The quantitative estimate of drug-likeness (QED) is 0.583. The lowest BCUT2D eigenvalue weighted by Crippen LogP contribution is -2.33. The molecule has 3 aromatic rings. The number of amides is 2. The van der Waals surface area contributed by atoms with Crippen LogP contribution in [0.25, 0.3) is 0 Å². The van der Waals surface area contributed by atoms with Gasteiger partial charge >= 0.3 is 0 Å². The van der Waals surface area contributed by atoms with E-state index in [0.29, 0.717) is 36.8 Å². The molecule has 2 aromatic heterocycles. The van der Waals surface area contributed by atoms with Crippen LogP contribution in [-0.2, 0) is 24.2 Å². The Morgan fingerprint density at radius 2 is 1.97 bits per heavy atom. The molecule has 2 aliphatic rings. The molecular weight excluding hydrogens is 416 g/mol. The molecule has 8 heteroatoms. The van der Waals surface area contributed by atoms with Gasteiger partial charge in [-0.15, -0.1) is 0 Å². The van der Waals surface area contributed by atoms with Crippen LogP contribution in [-0.4, -0.2) is 49.6 Å². The van der Waals surface area contributed by atoms with Crippen LogP contribution in [0.2, 0.25) is 0 Å². The van der Waals surface area contributed by atoms with Gasteiger partial charge in [-0.25, -0.2) is 9.97 Å². The van der Waals surface area contributed by atoms with Crippen LogP contribution >= 0.6 is 0 Å². The van der Waals surface area contributed by atoms with Crippen molar-refractivity contribution in [1.82, 2.24) is 24.6 Å². The fourth-order valence-electron chi connectivity index (χ4n) is 4.74. The van der Waals surface area contributed by atoms with Crippen LogP contribution in [0.1, 0.15) is 58.9 Å². The van der Waals surface area contributed by atoms with Gasteiger partial charge in [0.2, 0.25) is 5.91 Å². The van der Waals surface area contributed by atoms with Crippen molar-refractivity contribution in [2.45, 2.75) is 52.1 Å². The molecule has 0 radical (unpaired) electrons. The molecule has 8 nitrogen and oxygen atoms in total. The number of benzene rings is 1. The molecule has 1 saturated heterocycles. The minimum Gasteiger partial charge on any atom is -0.327 e. The summed E-state index contributed by atoms with van der Waals surface area (Å²) in [4.78, 5) is 39.2. The van der Waals surface area contributed by atoms with Crippen molar-refractivity contribution < 1.29 is 9.59 Å². The molecule has 0 aliphatic carbocycles. The topological polar surface area (TPSA) is 84.2 Å². The fraction of sp³-hybridized carbons (Fsp3) is 0.400. The van der Waals surface area contributed by atoms with Crippen molar-refractivity contribution in [1.29, 1.82) is 0 Å². The maximum absolute atomic E-state index is 13.2. The molecular formula is C25H28N6O2. The zero-order valence-electron chi connectivity index (χ0n) is 19.1. The van der Waals surface area contributed by atoms with E-state index >= 15 is 0 Å². The molecule has 1 atom stereocenters. The highest BCUT2D eigenvalue weighted by Gasteiger charge is 2.37. The molecule has 0 saturated carbocycles. The lowest BCUT2D eigenvalue weighted by molar-refractivity contribution is -0.117. The first-order chi connectivity index (χ1) is 16.0. The van der Waals surface area contributed by atoms with Crippen molar-refractivity contribution in [2.75, 3.05) is 18.0 Å². The van der Waals surface area contributed by atoms with Crippen LogP contribution in [0.4, 0.5) is 5.82 Å². The number of aromatic nitrogens is 4. The number of carbonyl (C=O) groups excluding carboxylic acids is 2. The van der Waals surface area contributed by atoms with E-state index in [1.807, 2.05) is 43.1 Å². The highest BCUT2D eigenvalue weighted by molar-refractivity contribution is 6.00. The molecule has 2 amide bonds. The van der Waals surface area contributed by atoms with Crippen LogP contribution in [0.15, 0.2) is 42.6 Å². The number of rotatable bonds is 6. The third kappa shape index (κ3) is 4.01. The van der Waals surface area contributed by atoms with Gasteiger partial charge in [0, 0.05) is 37.1 Å². The number of hydrogen-bond donors (Lipinski definition) is 0. The Labute approximate surface area is 193 Å². The van der Waals surface area contributed by atoms with E-state index in [4.69, 9.17) is 9.97 Å². The van der Waals surface area contributed by atoms with Gasteiger partial charge in [0.05, 0.1) is 12.5 Å². The van der Waals surface area contributed by atoms with Gasteiger partial charge in [0.25, 0.3) is 5.91 Å². The maximum atomic E-state index is 13.2. The van der Waals surface area contributed by atoms with Crippen LogP contribution < -0.4 is 4.90 Å². The SMILES string of the molecule is CCn1ccc(C(=O)N2CCCC2c2nc(C)c3c(n2)N(CCc2ccccc2)C(=O)C3)n1. The first-order valence-electron chi connectivity index (χ1n) is 11.6. The molecule has 0 N–H and O–H groups in total. The number of anilines is 1. The Morgan fingerprint density at radius 3 is 2.73 bits per heavy atom. The van der Waals surface area contributed by atoms with Crippen molar-refractivity contribution in [2.24, 2.45) is 0 Å². The summed E-state index contributed by atoms with van der Waals surface area (Å²) in [6.07, 6.45) is 4.61. The predicted octanol–water partition coefficient (Wildman–Crippen LogP) is 3.11. The van der Waals surface area contributed by atoms with Gasteiger partial charge < -0.3 is 4.90 Å². The Bertz CT molecular complexity index is 1190. The average Bonchev–Trinajstić information content (AvgIpc) is 3.57. The molecule has 0 bridgehead atoms. The number of aryl methyl sites for hydroxylation is 2. The molecule has 4 heterocycles. The Hall–Kier alpha value is -3.55. The molecule has 2 aliphatic heterocycles. The summed E-state index contributed by atoms with van der Waals surface area (Å²) in [5.41, 5.74) is 3.35. The number of likely N-dealkylation sites (tertiary alicyclic amines) is 1. The van der Waals surface area contributed by atoms with Crippen molar-refractivity contribution in [3.8, 4) is 0 Å². The normalized spacial score (nSPS) is 17.6. The van der Waals surface area contributed by atoms with Crippen molar-refractivity contribution in [3.63, 3.8) is 0 Å².